The predicted molar refractivity (Wildman–Crippen MR) is 65.1 cm³/mol. The van der Waals surface area contributed by atoms with E-state index in [1.807, 2.05) is 20.8 Å². The van der Waals surface area contributed by atoms with Crippen LogP contribution in [0.2, 0.25) is 0 Å². The maximum absolute atomic E-state index is 11.6. The van der Waals surface area contributed by atoms with E-state index in [1.165, 1.54) is 0 Å². The molecule has 3 atom stereocenters. The fourth-order valence-corrected chi connectivity index (χ4v) is 2.38. The molecule has 0 aromatic rings. The second-order valence-electron chi connectivity index (χ2n) is 4.05. The summed E-state index contributed by atoms with van der Waals surface area (Å²) in [5, 5.41) is 9.06. The van der Waals surface area contributed by atoms with E-state index in [2.05, 4.69) is 6.92 Å². The minimum absolute atomic E-state index is 0.0251. The first-order chi connectivity index (χ1) is 7.72. The molecule has 0 saturated heterocycles. The largest absolute Gasteiger partial charge is 0.466 e. The summed E-state index contributed by atoms with van der Waals surface area (Å²) in [6, 6.07) is 0. The van der Waals surface area contributed by atoms with Gasteiger partial charge < -0.3 is 9.84 Å². The van der Waals surface area contributed by atoms with E-state index in [-0.39, 0.29) is 18.5 Å². The average molecular weight is 230 g/mol. The molecule has 0 spiro atoms. The maximum Gasteiger partial charge on any atom is 0.309 e. The molecule has 1 fully saturated rings. The Bertz CT molecular complexity index is 192. The Hall–Kier alpha value is -0.570. The number of aliphatic hydroxyl groups excluding tert-OH is 1. The topological polar surface area (TPSA) is 46.5 Å². The van der Waals surface area contributed by atoms with Gasteiger partial charge in [0, 0.05) is 6.61 Å². The Kier molecular flexibility index (Phi) is 8.26. The highest BCUT2D eigenvalue weighted by atomic mass is 16.5. The molecular formula is C13H26O3. The second kappa shape index (κ2) is 8.57. The van der Waals surface area contributed by atoms with Crippen LogP contribution >= 0.6 is 0 Å². The first-order valence-corrected chi connectivity index (χ1v) is 6.50. The zero-order chi connectivity index (χ0) is 12.6. The molecule has 96 valence electrons. The maximum atomic E-state index is 11.6. The average Bonchev–Trinajstić information content (AvgIpc) is 2.75. The van der Waals surface area contributed by atoms with Crippen LogP contribution < -0.4 is 0 Å². The minimum Gasteiger partial charge on any atom is -0.466 e. The van der Waals surface area contributed by atoms with Crippen molar-refractivity contribution in [1.29, 1.82) is 0 Å². The van der Waals surface area contributed by atoms with Crippen LogP contribution in [0.15, 0.2) is 0 Å². The van der Waals surface area contributed by atoms with Gasteiger partial charge in [-0.2, -0.15) is 0 Å². The van der Waals surface area contributed by atoms with Crippen molar-refractivity contribution in [3.05, 3.63) is 0 Å². The van der Waals surface area contributed by atoms with Crippen LogP contribution in [0.4, 0.5) is 0 Å². The third-order valence-electron chi connectivity index (χ3n) is 3.16. The highest BCUT2D eigenvalue weighted by Gasteiger charge is 2.37. The Balaban J connectivity index is 0.00000106. The van der Waals surface area contributed by atoms with E-state index in [9.17, 15) is 4.79 Å². The van der Waals surface area contributed by atoms with Crippen molar-refractivity contribution in [3.63, 3.8) is 0 Å². The van der Waals surface area contributed by atoms with Gasteiger partial charge in [0.2, 0.25) is 0 Å². The zero-order valence-corrected chi connectivity index (χ0v) is 11.0. The molecule has 1 aliphatic carbocycles. The highest BCUT2D eigenvalue weighted by molar-refractivity contribution is 5.73. The fourth-order valence-electron chi connectivity index (χ4n) is 2.38. The molecule has 0 radical (unpaired) electrons. The van der Waals surface area contributed by atoms with Crippen LogP contribution in [0, 0.1) is 17.8 Å². The van der Waals surface area contributed by atoms with Crippen molar-refractivity contribution in [2.75, 3.05) is 13.2 Å². The summed E-state index contributed by atoms with van der Waals surface area (Å²) in [6.45, 7) is 8.58. The summed E-state index contributed by atoms with van der Waals surface area (Å²) in [5.74, 6) is 0.660. The summed E-state index contributed by atoms with van der Waals surface area (Å²) in [5.41, 5.74) is 0. The number of aliphatic hydroxyl groups is 1. The molecule has 3 heteroatoms. The molecule has 1 N–H and O–H groups in total. The van der Waals surface area contributed by atoms with Gasteiger partial charge in [0.1, 0.15) is 0 Å². The van der Waals surface area contributed by atoms with Gasteiger partial charge in [-0.3, -0.25) is 4.79 Å². The number of hydrogen-bond acceptors (Lipinski definition) is 3. The first-order valence-electron chi connectivity index (χ1n) is 6.50. The van der Waals surface area contributed by atoms with E-state index in [1.54, 1.807) is 0 Å². The van der Waals surface area contributed by atoms with E-state index < -0.39 is 0 Å². The Morgan fingerprint density at radius 1 is 1.31 bits per heavy atom. The van der Waals surface area contributed by atoms with Crippen molar-refractivity contribution >= 4 is 5.97 Å². The molecule has 1 rings (SSSR count). The standard InChI is InChI=1S/C11H20O3.C2H6/c1-3-9-5-8(7-12)6-10(9)11(13)14-4-2;1-2/h8-10,12H,3-7H2,1-2H3;1-2H3. The lowest BCUT2D eigenvalue weighted by atomic mass is 9.94. The van der Waals surface area contributed by atoms with Gasteiger partial charge in [-0.1, -0.05) is 27.2 Å². The molecule has 3 nitrogen and oxygen atoms in total. The molecule has 0 heterocycles. The monoisotopic (exact) mass is 230 g/mol. The second-order valence-corrected chi connectivity index (χ2v) is 4.05. The van der Waals surface area contributed by atoms with E-state index >= 15 is 0 Å². The SMILES string of the molecule is CC.CCOC(=O)C1CC(CO)CC1CC. The summed E-state index contributed by atoms with van der Waals surface area (Å²) in [4.78, 5) is 11.6. The number of carbonyl (C=O) groups excluding carboxylic acids is 1. The van der Waals surface area contributed by atoms with Gasteiger partial charge in [0.25, 0.3) is 0 Å². The van der Waals surface area contributed by atoms with Crippen molar-refractivity contribution < 1.29 is 14.6 Å². The Morgan fingerprint density at radius 3 is 2.38 bits per heavy atom. The van der Waals surface area contributed by atoms with E-state index in [0.29, 0.717) is 18.4 Å². The van der Waals surface area contributed by atoms with Gasteiger partial charge in [-0.15, -0.1) is 0 Å². The molecule has 1 saturated carbocycles. The number of carbonyl (C=O) groups is 1. The van der Waals surface area contributed by atoms with Gasteiger partial charge in [0.05, 0.1) is 12.5 Å². The number of ether oxygens (including phenoxy) is 1. The first kappa shape index (κ1) is 15.4. The molecule has 0 aliphatic heterocycles. The zero-order valence-electron chi connectivity index (χ0n) is 11.0. The minimum atomic E-state index is -0.0738. The lowest BCUT2D eigenvalue weighted by molar-refractivity contribution is -0.149. The number of hydrogen-bond donors (Lipinski definition) is 1. The van der Waals surface area contributed by atoms with Gasteiger partial charge >= 0.3 is 5.97 Å². The molecule has 1 aliphatic rings. The molecular weight excluding hydrogens is 204 g/mol. The third-order valence-corrected chi connectivity index (χ3v) is 3.16. The van der Waals surface area contributed by atoms with Crippen LogP contribution in [0.1, 0.15) is 47.0 Å². The summed E-state index contributed by atoms with van der Waals surface area (Å²) >= 11 is 0. The molecule has 0 bridgehead atoms. The summed E-state index contributed by atoms with van der Waals surface area (Å²) < 4.78 is 5.03. The molecule has 0 aromatic carbocycles. The van der Waals surface area contributed by atoms with E-state index in [0.717, 1.165) is 19.3 Å². The number of esters is 1. The summed E-state index contributed by atoms with van der Waals surface area (Å²) in [6.07, 6.45) is 2.77. The van der Waals surface area contributed by atoms with E-state index in [4.69, 9.17) is 9.84 Å². The van der Waals surface area contributed by atoms with Crippen molar-refractivity contribution in [2.24, 2.45) is 17.8 Å². The summed E-state index contributed by atoms with van der Waals surface area (Å²) in [7, 11) is 0. The number of rotatable bonds is 4. The van der Waals surface area contributed by atoms with Gasteiger partial charge in [-0.25, -0.2) is 0 Å². The van der Waals surface area contributed by atoms with Crippen LogP contribution in [-0.2, 0) is 9.53 Å². The molecule has 3 unspecified atom stereocenters. The third kappa shape index (κ3) is 4.12. The van der Waals surface area contributed by atoms with Crippen LogP contribution in [0.5, 0.6) is 0 Å². The van der Waals surface area contributed by atoms with Crippen LogP contribution in [0.25, 0.3) is 0 Å². The highest BCUT2D eigenvalue weighted by Crippen LogP contribution is 2.38. The van der Waals surface area contributed by atoms with Gasteiger partial charge in [0.15, 0.2) is 0 Å². The Morgan fingerprint density at radius 2 is 1.94 bits per heavy atom. The molecule has 0 aromatic heterocycles. The lowest BCUT2D eigenvalue weighted by Crippen LogP contribution is -2.21. The normalized spacial score (nSPS) is 28.2. The predicted octanol–water partition coefficient (Wildman–Crippen LogP) is 2.62. The van der Waals surface area contributed by atoms with Crippen molar-refractivity contribution in [1.82, 2.24) is 0 Å². The fraction of sp³-hybridized carbons (Fsp3) is 0.923. The van der Waals surface area contributed by atoms with Crippen LogP contribution in [-0.4, -0.2) is 24.3 Å². The van der Waals surface area contributed by atoms with Crippen molar-refractivity contribution in [2.45, 2.75) is 47.0 Å². The lowest BCUT2D eigenvalue weighted by Gasteiger charge is -2.15. The smallest absolute Gasteiger partial charge is 0.309 e. The van der Waals surface area contributed by atoms with Crippen molar-refractivity contribution in [3.8, 4) is 0 Å². The molecule has 0 amide bonds. The quantitative estimate of drug-likeness (QED) is 0.755. The molecule has 16 heavy (non-hydrogen) atoms. The van der Waals surface area contributed by atoms with Crippen LogP contribution in [0.3, 0.4) is 0 Å². The van der Waals surface area contributed by atoms with Gasteiger partial charge in [-0.05, 0) is 31.6 Å². The Labute approximate surface area is 99.2 Å².